The minimum Gasteiger partial charge on any atom is -0.495 e. The molecule has 0 saturated carbocycles. The first-order valence-electron chi connectivity index (χ1n) is 21.7. The normalized spacial score (nSPS) is 13.8. The van der Waals surface area contributed by atoms with Crippen LogP contribution in [-0.2, 0) is 0 Å². The average molecular weight is 942 g/mol. The van der Waals surface area contributed by atoms with Crippen molar-refractivity contribution in [1.29, 1.82) is 0 Å². The van der Waals surface area contributed by atoms with Gasteiger partial charge in [-0.1, -0.05) is 65.5 Å². The van der Waals surface area contributed by atoms with Crippen molar-refractivity contribution in [2.24, 2.45) is 5.92 Å². The second kappa shape index (κ2) is 23.7. The third-order valence-corrected chi connectivity index (χ3v) is 10.6. The molecule has 362 valence electrons. The van der Waals surface area contributed by atoms with Gasteiger partial charge in [-0.15, -0.1) is 0 Å². The number of fused-ring (bicyclic) bond motifs is 3. The number of rotatable bonds is 16. The maximum absolute atomic E-state index is 12.9. The molecule has 16 nitrogen and oxygen atoms in total. The van der Waals surface area contributed by atoms with Gasteiger partial charge in [0.05, 0.1) is 52.9 Å². The van der Waals surface area contributed by atoms with Crippen molar-refractivity contribution in [3.8, 4) is 5.75 Å². The number of unbranched alkanes of at least 4 members (excludes halogenated alkanes) is 2. The van der Waals surface area contributed by atoms with Crippen LogP contribution in [0.5, 0.6) is 5.75 Å². The number of halogens is 4. The van der Waals surface area contributed by atoms with Crippen LogP contribution >= 0.6 is 11.6 Å². The first-order valence-corrected chi connectivity index (χ1v) is 22.1. The summed E-state index contributed by atoms with van der Waals surface area (Å²) in [4.78, 5) is 38.5. The summed E-state index contributed by atoms with van der Waals surface area (Å²) in [6.07, 6.45) is 6.53. The van der Waals surface area contributed by atoms with Crippen LogP contribution in [0.1, 0.15) is 120 Å². The largest absolute Gasteiger partial charge is 0.495 e. The summed E-state index contributed by atoms with van der Waals surface area (Å²) in [5.41, 5.74) is 14.3. The number of pyridine rings is 3. The summed E-state index contributed by atoms with van der Waals surface area (Å²) in [6.45, 7) is 17.4. The molecule has 0 aliphatic heterocycles. The number of hydrogen-bond acceptors (Lipinski definition) is 16. The fourth-order valence-corrected chi connectivity index (χ4v) is 6.83. The highest BCUT2D eigenvalue weighted by molar-refractivity contribution is 6.31. The Balaban J connectivity index is 0.000000265. The van der Waals surface area contributed by atoms with E-state index in [-0.39, 0.29) is 37.9 Å². The second-order valence-electron chi connectivity index (χ2n) is 17.7. The first-order chi connectivity index (χ1) is 30.5. The Morgan fingerprint density at radius 2 is 1.26 bits per heavy atom. The number of nitrogen functional groups attached to an aromatic ring is 2. The van der Waals surface area contributed by atoms with Gasteiger partial charge in [0.15, 0.2) is 17.5 Å². The lowest BCUT2D eigenvalue weighted by molar-refractivity contribution is -0.171. The molecule has 0 bridgehead atoms. The van der Waals surface area contributed by atoms with Gasteiger partial charge in [-0.3, -0.25) is 4.98 Å². The van der Waals surface area contributed by atoms with Crippen LogP contribution < -0.4 is 32.2 Å². The zero-order chi connectivity index (χ0) is 48.2. The van der Waals surface area contributed by atoms with E-state index in [4.69, 9.17) is 27.8 Å². The minimum atomic E-state index is -4.18. The summed E-state index contributed by atoms with van der Waals surface area (Å²) in [5.74, 6) is 2.04. The molecule has 20 heteroatoms. The molecule has 6 heterocycles. The average Bonchev–Trinajstić information content (AvgIpc) is 3.23. The number of hydrogen-bond donors (Lipinski definition) is 6. The van der Waals surface area contributed by atoms with Gasteiger partial charge in [-0.25, -0.2) is 29.9 Å². The molecule has 0 aliphatic carbocycles. The van der Waals surface area contributed by atoms with E-state index < -0.39 is 23.2 Å². The second-order valence-corrected chi connectivity index (χ2v) is 18.1. The fourth-order valence-electron chi connectivity index (χ4n) is 6.68. The maximum atomic E-state index is 12.9. The van der Waals surface area contributed by atoms with Gasteiger partial charge in [0.2, 0.25) is 11.9 Å². The molecule has 0 saturated heterocycles. The van der Waals surface area contributed by atoms with E-state index in [0.717, 1.165) is 55.4 Å². The van der Waals surface area contributed by atoms with Crippen molar-refractivity contribution in [2.75, 3.05) is 41.1 Å². The predicted molar refractivity (Wildman–Crippen MR) is 262 cm³/mol. The van der Waals surface area contributed by atoms with Gasteiger partial charge in [0, 0.05) is 29.5 Å². The molecular formula is C46H68ClF3N14O2. The lowest BCUT2D eigenvalue weighted by Gasteiger charge is -2.33. The third kappa shape index (κ3) is 16.0. The van der Waals surface area contributed by atoms with Crippen molar-refractivity contribution < 1.29 is 23.0 Å². The molecule has 66 heavy (non-hydrogen) atoms. The Morgan fingerprint density at radius 3 is 1.82 bits per heavy atom. The Morgan fingerprint density at radius 1 is 0.727 bits per heavy atom. The number of ether oxygens (including phenoxy) is 1. The number of aliphatic hydroxyl groups is 1. The number of aryl methyl sites for hydroxylation is 1. The molecular weight excluding hydrogens is 873 g/mol. The number of anilines is 5. The van der Waals surface area contributed by atoms with Crippen molar-refractivity contribution in [2.45, 2.75) is 144 Å². The summed E-state index contributed by atoms with van der Waals surface area (Å²) < 4.78 is 43.9. The number of nitrogens with zero attached hydrogens (tertiary/aromatic N) is 9. The van der Waals surface area contributed by atoms with Gasteiger partial charge in [-0.05, 0) is 85.4 Å². The lowest BCUT2D eigenvalue weighted by Crippen LogP contribution is -2.39. The van der Waals surface area contributed by atoms with Gasteiger partial charge >= 0.3 is 6.18 Å². The standard InChI is InChI=1S/C18H26F3N5.C14H20ClN5O.C13H18N4O.CH4/c1-4-5-9-17(3,10-8-12(2)18(19,20)21)26-15-14-13(7-6-11-23-14)24-16(22)25-15;1-3-4-5-14(2,8-21)20-12-11-10(18-13(16)19-12)6-9(15)7-17-11;1-8-15-10-6-9(18-5)7-14-11(10)12(16-8)17-13(2,3)4;/h6-7,11-12H,4-5,8-10H2,1-3H3,(H3,22,24,25,26);6-7,21H,3-5,8H2,1-2H3,(H3,16,18,19,20);6-7H,1-5H3,(H,15,16,17);1H4/t12-,17+;14-;;/m10../s1. The van der Waals surface area contributed by atoms with Crippen molar-refractivity contribution in [3.05, 3.63) is 53.7 Å². The Kier molecular flexibility index (Phi) is 19.6. The molecule has 8 N–H and O–H groups in total. The van der Waals surface area contributed by atoms with Crippen molar-refractivity contribution in [1.82, 2.24) is 44.9 Å². The Bertz CT molecular complexity index is 2490. The molecule has 0 radical (unpaired) electrons. The number of aromatic nitrogens is 9. The number of aliphatic hydroxyl groups excluding tert-OH is 1. The van der Waals surface area contributed by atoms with Crippen LogP contribution in [0, 0.1) is 12.8 Å². The van der Waals surface area contributed by atoms with Crippen LogP contribution in [0.4, 0.5) is 42.5 Å². The predicted octanol–water partition coefficient (Wildman–Crippen LogP) is 10.7. The quantitative estimate of drug-likeness (QED) is 0.0529. The molecule has 0 spiro atoms. The zero-order valence-corrected chi connectivity index (χ0v) is 39.8. The van der Waals surface area contributed by atoms with Gasteiger partial charge in [-0.2, -0.15) is 23.1 Å². The Labute approximate surface area is 391 Å². The zero-order valence-electron chi connectivity index (χ0n) is 39.0. The highest BCUT2D eigenvalue weighted by Gasteiger charge is 2.37. The van der Waals surface area contributed by atoms with E-state index in [1.165, 1.54) is 13.1 Å². The number of methoxy groups -OCH3 is 1. The number of alkyl halides is 3. The van der Waals surface area contributed by atoms with E-state index in [1.807, 2.05) is 26.8 Å². The van der Waals surface area contributed by atoms with Crippen LogP contribution in [0.3, 0.4) is 0 Å². The van der Waals surface area contributed by atoms with Crippen LogP contribution in [0.2, 0.25) is 5.02 Å². The van der Waals surface area contributed by atoms with E-state index in [0.29, 0.717) is 56.7 Å². The third-order valence-electron chi connectivity index (χ3n) is 10.4. The highest BCUT2D eigenvalue weighted by Crippen LogP contribution is 2.35. The van der Waals surface area contributed by atoms with Crippen molar-refractivity contribution >= 4 is 74.1 Å². The molecule has 0 amide bonds. The summed E-state index contributed by atoms with van der Waals surface area (Å²) in [5, 5.41) is 20.1. The van der Waals surface area contributed by atoms with E-state index in [2.05, 4.69) is 95.4 Å². The molecule has 6 rings (SSSR count). The van der Waals surface area contributed by atoms with Crippen LogP contribution in [-0.4, -0.2) is 86.5 Å². The lowest BCUT2D eigenvalue weighted by atomic mass is 9.86. The maximum Gasteiger partial charge on any atom is 0.391 e. The highest BCUT2D eigenvalue weighted by atomic mass is 35.5. The van der Waals surface area contributed by atoms with E-state index >= 15 is 0 Å². The monoisotopic (exact) mass is 941 g/mol. The molecule has 0 unspecified atom stereocenters. The Hall–Kier alpha value is -5.69. The topological polar surface area (TPSA) is 234 Å². The van der Waals surface area contributed by atoms with Gasteiger partial charge in [0.25, 0.3) is 0 Å². The van der Waals surface area contributed by atoms with Gasteiger partial charge in [0.1, 0.15) is 28.1 Å². The molecule has 0 aliphatic rings. The van der Waals surface area contributed by atoms with Gasteiger partial charge < -0.3 is 37.3 Å². The van der Waals surface area contributed by atoms with Crippen LogP contribution in [0.15, 0.2) is 42.9 Å². The molecule has 0 fully saturated rings. The number of nitrogens with two attached hydrogens (primary N) is 2. The summed E-state index contributed by atoms with van der Waals surface area (Å²) >= 11 is 5.93. The SMILES string of the molecule is C.CCCC[C@@](C)(CC[C@@H](C)C(F)(F)F)Nc1nc(N)nc2cccnc12.CCCC[C@@](C)(CO)Nc1nc(N)nc2cc(Cl)cnc12.COc1cnc2c(NC(C)(C)C)nc(C)nc2c1. The number of nitrogens with one attached hydrogen (secondary N) is 3. The van der Waals surface area contributed by atoms with E-state index in [9.17, 15) is 18.3 Å². The smallest absolute Gasteiger partial charge is 0.391 e. The minimum absolute atomic E-state index is 0. The molecule has 0 aromatic carbocycles. The molecule has 6 aromatic heterocycles. The summed E-state index contributed by atoms with van der Waals surface area (Å²) in [6, 6.07) is 7.08. The molecule has 6 aromatic rings. The summed E-state index contributed by atoms with van der Waals surface area (Å²) in [7, 11) is 1.62. The fraction of sp³-hybridized carbons (Fsp3) is 0.543. The van der Waals surface area contributed by atoms with E-state index in [1.54, 1.807) is 37.7 Å². The van der Waals surface area contributed by atoms with Crippen molar-refractivity contribution in [3.63, 3.8) is 0 Å². The first kappa shape index (κ1) is 54.6. The molecule has 3 atom stereocenters. The van der Waals surface area contributed by atoms with Crippen LogP contribution in [0.25, 0.3) is 33.1 Å².